The van der Waals surface area contributed by atoms with Gasteiger partial charge in [-0.25, -0.2) is 0 Å². The second kappa shape index (κ2) is 4.37. The first-order valence-corrected chi connectivity index (χ1v) is 5.69. The highest BCUT2D eigenvalue weighted by Crippen LogP contribution is 2.37. The quantitative estimate of drug-likeness (QED) is 0.483. The van der Waals surface area contributed by atoms with Crippen LogP contribution in [0.4, 0.5) is 0 Å². The minimum Gasteiger partial charge on any atom is -0.480 e. The number of benzene rings is 1. The highest BCUT2D eigenvalue weighted by Gasteiger charge is 2.42. The lowest BCUT2D eigenvalue weighted by molar-refractivity contribution is -0.141. The fourth-order valence-electron chi connectivity index (χ4n) is 2.41. The van der Waals surface area contributed by atoms with E-state index >= 15 is 0 Å². The number of hydrogen-bond donors (Lipinski definition) is 2. The number of fused-ring (bicyclic) bond motifs is 1. The molecule has 1 aliphatic carbocycles. The predicted molar refractivity (Wildman–Crippen MR) is 64.0 cm³/mol. The summed E-state index contributed by atoms with van der Waals surface area (Å²) in [4.78, 5) is 11.5. The molecule has 0 bridgehead atoms. The molecule has 0 spiro atoms. The first-order valence-electron chi connectivity index (χ1n) is 5.31. The molecule has 5 heteroatoms. The molecule has 4 nitrogen and oxygen atoms in total. The van der Waals surface area contributed by atoms with Crippen LogP contribution in [-0.4, -0.2) is 22.5 Å². The first-order chi connectivity index (χ1) is 8.10. The molecule has 0 heterocycles. The maximum atomic E-state index is 11.5. The average molecular weight is 254 g/mol. The highest BCUT2D eigenvalue weighted by atomic mass is 35.5. The lowest BCUT2D eigenvalue weighted by Crippen LogP contribution is -2.40. The van der Waals surface area contributed by atoms with E-state index in [1.54, 1.807) is 18.2 Å². The van der Waals surface area contributed by atoms with Gasteiger partial charge >= 0.3 is 5.97 Å². The molecule has 0 unspecified atom stereocenters. The van der Waals surface area contributed by atoms with Gasteiger partial charge in [0.1, 0.15) is 5.41 Å². The van der Waals surface area contributed by atoms with Crippen molar-refractivity contribution < 1.29 is 15.1 Å². The van der Waals surface area contributed by atoms with Crippen LogP contribution in [0.3, 0.4) is 0 Å². The van der Waals surface area contributed by atoms with E-state index in [-0.39, 0.29) is 0 Å². The molecule has 90 valence electrons. The number of halogens is 1. The molecule has 0 fully saturated rings. The molecule has 0 radical (unpaired) electrons. The van der Waals surface area contributed by atoms with Gasteiger partial charge in [0.2, 0.25) is 0 Å². The van der Waals surface area contributed by atoms with Crippen molar-refractivity contribution in [3.63, 3.8) is 0 Å². The number of oxime groups is 1. The Morgan fingerprint density at radius 1 is 1.53 bits per heavy atom. The van der Waals surface area contributed by atoms with Crippen molar-refractivity contribution in [1.29, 1.82) is 0 Å². The molecule has 1 atom stereocenters. The van der Waals surface area contributed by atoms with E-state index in [1.807, 2.05) is 0 Å². The molecule has 0 aliphatic heterocycles. The zero-order valence-corrected chi connectivity index (χ0v) is 9.81. The minimum absolute atomic E-state index is 0.432. The van der Waals surface area contributed by atoms with Gasteiger partial charge in [-0.2, -0.15) is 0 Å². The number of aryl methyl sites for hydroxylation is 1. The maximum absolute atomic E-state index is 11.5. The third-order valence-electron chi connectivity index (χ3n) is 3.22. The summed E-state index contributed by atoms with van der Waals surface area (Å²) >= 11 is 5.90. The van der Waals surface area contributed by atoms with Gasteiger partial charge in [0.05, 0.1) is 6.21 Å². The average Bonchev–Trinajstić information content (AvgIpc) is 2.28. The van der Waals surface area contributed by atoms with Gasteiger partial charge in [0.25, 0.3) is 0 Å². The summed E-state index contributed by atoms with van der Waals surface area (Å²) in [6.07, 6.45) is 3.05. The van der Waals surface area contributed by atoms with Crippen molar-refractivity contribution in [3.05, 3.63) is 34.3 Å². The number of aliphatic carboxylic acids is 1. The lowest BCUT2D eigenvalue weighted by Gasteiger charge is -2.31. The fraction of sp³-hybridized carbons (Fsp3) is 0.333. The zero-order valence-electron chi connectivity index (χ0n) is 9.06. The van der Waals surface area contributed by atoms with Gasteiger partial charge in [-0.3, -0.25) is 4.79 Å². The molecule has 1 aromatic carbocycles. The van der Waals surface area contributed by atoms with Crippen LogP contribution in [0.2, 0.25) is 5.02 Å². The van der Waals surface area contributed by atoms with Gasteiger partial charge in [-0.15, -0.1) is 5.16 Å². The van der Waals surface area contributed by atoms with Crippen LogP contribution in [0, 0.1) is 0 Å². The normalized spacial score (nSPS) is 23.6. The van der Waals surface area contributed by atoms with Gasteiger partial charge in [0.15, 0.2) is 0 Å². The van der Waals surface area contributed by atoms with E-state index in [0.29, 0.717) is 17.0 Å². The summed E-state index contributed by atoms with van der Waals surface area (Å²) in [6.45, 7) is 0. The van der Waals surface area contributed by atoms with Crippen molar-refractivity contribution in [2.75, 3.05) is 0 Å². The molecule has 0 amide bonds. The van der Waals surface area contributed by atoms with Gasteiger partial charge in [-0.05, 0) is 42.5 Å². The Labute approximate surface area is 104 Å². The molecular weight excluding hydrogens is 242 g/mol. The largest absolute Gasteiger partial charge is 0.480 e. The van der Waals surface area contributed by atoms with Crippen molar-refractivity contribution in [2.45, 2.75) is 24.7 Å². The van der Waals surface area contributed by atoms with Crippen molar-refractivity contribution in [3.8, 4) is 0 Å². The summed E-state index contributed by atoms with van der Waals surface area (Å²) in [5, 5.41) is 21.6. The minimum atomic E-state index is -1.23. The molecular formula is C12H12ClNO3. The first kappa shape index (κ1) is 11.9. The van der Waals surface area contributed by atoms with Gasteiger partial charge in [0, 0.05) is 5.02 Å². The number of carboxylic acids is 1. The summed E-state index contributed by atoms with van der Waals surface area (Å²) in [5.74, 6) is -1.00. The Balaban J connectivity index is 2.62. The monoisotopic (exact) mass is 253 g/mol. The van der Waals surface area contributed by atoms with Crippen LogP contribution in [-0.2, 0) is 16.6 Å². The third-order valence-corrected chi connectivity index (χ3v) is 3.46. The zero-order chi connectivity index (χ0) is 12.5. The Hall–Kier alpha value is -1.55. The molecule has 1 aromatic rings. The number of carboxylic acid groups (broad SMARTS) is 1. The van der Waals surface area contributed by atoms with E-state index in [2.05, 4.69) is 5.16 Å². The molecule has 2 N–H and O–H groups in total. The number of nitrogens with zero attached hydrogens (tertiary/aromatic N) is 1. The Morgan fingerprint density at radius 3 is 2.94 bits per heavy atom. The maximum Gasteiger partial charge on any atom is 0.319 e. The highest BCUT2D eigenvalue weighted by molar-refractivity contribution is 6.30. The van der Waals surface area contributed by atoms with Crippen LogP contribution in [0.5, 0.6) is 0 Å². The molecule has 0 aromatic heterocycles. The summed E-state index contributed by atoms with van der Waals surface area (Å²) < 4.78 is 0. The second-order valence-electron chi connectivity index (χ2n) is 4.18. The standard InChI is InChI=1S/C12H12ClNO3/c13-9-3-4-10-8(6-9)2-1-5-12(10,7-14-17)11(15)16/h3-4,6-7,17H,1-2,5H2,(H,15,16)/t12-/m1/s1. The van der Waals surface area contributed by atoms with E-state index < -0.39 is 11.4 Å². The SMILES string of the molecule is O=C(O)[C@@]1(C=NO)CCCc2cc(Cl)ccc21. The molecule has 0 saturated heterocycles. The van der Waals surface area contributed by atoms with E-state index in [9.17, 15) is 9.90 Å². The van der Waals surface area contributed by atoms with Crippen molar-refractivity contribution in [1.82, 2.24) is 0 Å². The van der Waals surface area contributed by atoms with Crippen LogP contribution in [0.15, 0.2) is 23.4 Å². The Kier molecular flexibility index (Phi) is 3.07. The van der Waals surface area contributed by atoms with Crippen LogP contribution in [0.25, 0.3) is 0 Å². The Morgan fingerprint density at radius 2 is 2.29 bits per heavy atom. The molecule has 17 heavy (non-hydrogen) atoms. The second-order valence-corrected chi connectivity index (χ2v) is 4.61. The van der Waals surface area contributed by atoms with Crippen molar-refractivity contribution >= 4 is 23.8 Å². The molecule has 1 aliphatic rings. The van der Waals surface area contributed by atoms with Gasteiger partial charge in [-0.1, -0.05) is 17.7 Å². The number of rotatable bonds is 2. The number of hydrogen-bond acceptors (Lipinski definition) is 3. The molecule has 0 saturated carbocycles. The third kappa shape index (κ3) is 1.89. The van der Waals surface area contributed by atoms with E-state index in [0.717, 1.165) is 24.6 Å². The molecule has 2 rings (SSSR count). The fourth-order valence-corrected chi connectivity index (χ4v) is 2.60. The number of carbonyl (C=O) groups is 1. The predicted octanol–water partition coefficient (Wildman–Crippen LogP) is 2.46. The topological polar surface area (TPSA) is 69.9 Å². The van der Waals surface area contributed by atoms with Crippen LogP contribution < -0.4 is 0 Å². The van der Waals surface area contributed by atoms with Crippen molar-refractivity contribution in [2.24, 2.45) is 5.16 Å². The van der Waals surface area contributed by atoms with Crippen LogP contribution in [0.1, 0.15) is 24.0 Å². The summed E-state index contributed by atoms with van der Waals surface area (Å²) in [7, 11) is 0. The van der Waals surface area contributed by atoms with Crippen LogP contribution >= 0.6 is 11.6 Å². The smallest absolute Gasteiger partial charge is 0.319 e. The van der Waals surface area contributed by atoms with E-state index in [4.69, 9.17) is 16.8 Å². The Bertz CT molecular complexity index is 487. The summed E-state index contributed by atoms with van der Waals surface area (Å²) in [6, 6.07) is 5.14. The van der Waals surface area contributed by atoms with Gasteiger partial charge < -0.3 is 10.3 Å². The lowest BCUT2D eigenvalue weighted by atomic mass is 9.71. The summed E-state index contributed by atoms with van der Waals surface area (Å²) in [5.41, 5.74) is 0.344. The van der Waals surface area contributed by atoms with E-state index in [1.165, 1.54) is 0 Å².